The summed E-state index contributed by atoms with van der Waals surface area (Å²) in [7, 11) is -2.30. The molecule has 0 aromatic carbocycles. The van der Waals surface area contributed by atoms with Crippen LogP contribution in [-0.2, 0) is 21.9 Å². The molecule has 0 radical (unpaired) electrons. The second-order valence-electron chi connectivity index (χ2n) is 3.00. The molecule has 0 saturated carbocycles. The fourth-order valence-corrected chi connectivity index (χ4v) is 1.68. The number of anilines is 1. The van der Waals surface area contributed by atoms with Gasteiger partial charge < -0.3 is 5.11 Å². The lowest BCUT2D eigenvalue weighted by atomic mass is 10.5. The lowest BCUT2D eigenvalue weighted by molar-refractivity contribution is -0.136. The van der Waals surface area contributed by atoms with E-state index in [9.17, 15) is 13.2 Å². The summed E-state index contributed by atoms with van der Waals surface area (Å²) in [6.07, 6.45) is 1.54. The van der Waals surface area contributed by atoms with Crippen LogP contribution in [0.1, 0.15) is 6.92 Å². The zero-order chi connectivity index (χ0) is 11.6. The van der Waals surface area contributed by atoms with Crippen molar-refractivity contribution in [2.75, 3.05) is 4.72 Å². The van der Waals surface area contributed by atoms with Gasteiger partial charge in [-0.1, -0.05) is 0 Å². The summed E-state index contributed by atoms with van der Waals surface area (Å²) < 4.78 is 26.3. The Bertz CT molecular complexity index is 464. The van der Waals surface area contributed by atoms with Gasteiger partial charge in [0.05, 0.1) is 0 Å². The van der Waals surface area contributed by atoms with Crippen LogP contribution in [0.5, 0.6) is 0 Å². The quantitative estimate of drug-likeness (QED) is 0.739. The highest BCUT2D eigenvalue weighted by atomic mass is 32.2. The Labute approximate surface area is 86.8 Å². The van der Waals surface area contributed by atoms with E-state index in [1.165, 1.54) is 10.7 Å². The maximum absolute atomic E-state index is 11.4. The van der Waals surface area contributed by atoms with E-state index in [1.54, 1.807) is 13.2 Å². The summed E-state index contributed by atoms with van der Waals surface area (Å²) in [6.45, 7) is 1.09. The van der Waals surface area contributed by atoms with Crippen LogP contribution in [-0.4, -0.2) is 34.5 Å². The van der Waals surface area contributed by atoms with Crippen molar-refractivity contribution in [3.8, 4) is 0 Å². The highest BCUT2D eigenvalue weighted by Gasteiger charge is 2.27. The standard InChI is InChI=1S/C7H11N3O4S/c1-5(7(11)12)15(13,14)9-6-3-4-10(2)8-6/h3-5H,1-2H3,(H,8,9)(H,11,12). The van der Waals surface area contributed by atoms with Gasteiger partial charge in [0.1, 0.15) is 0 Å². The van der Waals surface area contributed by atoms with Crippen molar-refractivity contribution in [2.24, 2.45) is 7.05 Å². The number of hydrogen-bond donors (Lipinski definition) is 2. The van der Waals surface area contributed by atoms with Crippen LogP contribution in [0.3, 0.4) is 0 Å². The number of aryl methyl sites for hydroxylation is 1. The number of sulfonamides is 1. The fourth-order valence-electron chi connectivity index (χ4n) is 0.836. The predicted octanol–water partition coefficient (Wildman–Crippen LogP) is -0.365. The lowest BCUT2D eigenvalue weighted by Crippen LogP contribution is -2.32. The Balaban J connectivity index is 2.86. The monoisotopic (exact) mass is 233 g/mol. The van der Waals surface area contributed by atoms with Gasteiger partial charge in [-0.2, -0.15) is 5.10 Å². The molecule has 15 heavy (non-hydrogen) atoms. The van der Waals surface area contributed by atoms with Gasteiger partial charge >= 0.3 is 5.97 Å². The molecular formula is C7H11N3O4S. The molecule has 0 aliphatic rings. The van der Waals surface area contributed by atoms with E-state index in [2.05, 4.69) is 9.82 Å². The van der Waals surface area contributed by atoms with Crippen molar-refractivity contribution in [1.29, 1.82) is 0 Å². The fraction of sp³-hybridized carbons (Fsp3) is 0.429. The molecule has 8 heteroatoms. The van der Waals surface area contributed by atoms with Crippen LogP contribution in [0.15, 0.2) is 12.3 Å². The van der Waals surface area contributed by atoms with Crippen LogP contribution in [0.4, 0.5) is 5.82 Å². The first-order valence-corrected chi connectivity index (χ1v) is 5.61. The topological polar surface area (TPSA) is 101 Å². The van der Waals surface area contributed by atoms with Crippen molar-refractivity contribution in [1.82, 2.24) is 9.78 Å². The van der Waals surface area contributed by atoms with E-state index < -0.39 is 21.2 Å². The Morgan fingerprint density at radius 1 is 1.67 bits per heavy atom. The number of hydrogen-bond acceptors (Lipinski definition) is 4. The minimum absolute atomic E-state index is 0.102. The largest absolute Gasteiger partial charge is 0.480 e. The Morgan fingerprint density at radius 2 is 2.27 bits per heavy atom. The number of carboxylic acid groups (broad SMARTS) is 1. The van der Waals surface area contributed by atoms with Crippen molar-refractivity contribution in [3.05, 3.63) is 12.3 Å². The van der Waals surface area contributed by atoms with Crippen LogP contribution in [0.25, 0.3) is 0 Å². The molecule has 1 heterocycles. The minimum Gasteiger partial charge on any atom is -0.480 e. The summed E-state index contributed by atoms with van der Waals surface area (Å²) in [5, 5.41) is 10.8. The molecule has 1 atom stereocenters. The highest BCUT2D eigenvalue weighted by Crippen LogP contribution is 2.08. The number of aliphatic carboxylic acids is 1. The molecule has 1 aromatic rings. The van der Waals surface area contributed by atoms with Gasteiger partial charge in [-0.15, -0.1) is 0 Å². The van der Waals surface area contributed by atoms with Crippen LogP contribution >= 0.6 is 0 Å². The predicted molar refractivity (Wildman–Crippen MR) is 52.8 cm³/mol. The third-order valence-electron chi connectivity index (χ3n) is 1.77. The van der Waals surface area contributed by atoms with Crippen molar-refractivity contribution in [3.63, 3.8) is 0 Å². The molecule has 0 spiro atoms. The number of aromatic nitrogens is 2. The Kier molecular flexibility index (Phi) is 2.98. The average molecular weight is 233 g/mol. The van der Waals surface area contributed by atoms with E-state index in [4.69, 9.17) is 5.11 Å². The van der Waals surface area contributed by atoms with Gasteiger partial charge in [-0.05, 0) is 6.92 Å². The van der Waals surface area contributed by atoms with Crippen molar-refractivity contribution >= 4 is 21.8 Å². The third-order valence-corrected chi connectivity index (χ3v) is 3.40. The summed E-state index contributed by atoms with van der Waals surface area (Å²) >= 11 is 0. The van der Waals surface area contributed by atoms with Crippen LogP contribution < -0.4 is 4.72 Å². The lowest BCUT2D eigenvalue weighted by Gasteiger charge is -2.08. The normalized spacial score (nSPS) is 13.5. The molecule has 0 fully saturated rings. The maximum atomic E-state index is 11.4. The minimum atomic E-state index is -3.92. The van der Waals surface area contributed by atoms with Gasteiger partial charge in [0.25, 0.3) is 0 Å². The Morgan fingerprint density at radius 3 is 2.67 bits per heavy atom. The molecule has 2 N–H and O–H groups in total. The number of nitrogens with zero attached hydrogens (tertiary/aromatic N) is 2. The molecule has 1 aromatic heterocycles. The van der Waals surface area contributed by atoms with E-state index in [0.29, 0.717) is 0 Å². The molecule has 0 aliphatic carbocycles. The number of rotatable bonds is 4. The molecule has 0 aliphatic heterocycles. The van der Waals surface area contributed by atoms with Gasteiger partial charge in [0, 0.05) is 19.3 Å². The first-order chi connectivity index (χ1) is 6.83. The summed E-state index contributed by atoms with van der Waals surface area (Å²) in [4.78, 5) is 10.5. The first kappa shape index (κ1) is 11.5. The number of nitrogens with one attached hydrogen (secondary N) is 1. The summed E-state index contributed by atoms with van der Waals surface area (Å²) in [5.74, 6) is -1.30. The molecule has 1 rings (SSSR count). The van der Waals surface area contributed by atoms with E-state index in [-0.39, 0.29) is 5.82 Å². The molecule has 0 amide bonds. The van der Waals surface area contributed by atoms with E-state index in [1.807, 2.05) is 0 Å². The van der Waals surface area contributed by atoms with Gasteiger partial charge in [-0.3, -0.25) is 14.2 Å². The first-order valence-electron chi connectivity index (χ1n) is 4.07. The molecule has 0 saturated heterocycles. The van der Waals surface area contributed by atoms with Gasteiger partial charge in [0.15, 0.2) is 11.1 Å². The smallest absolute Gasteiger partial charge is 0.323 e. The van der Waals surface area contributed by atoms with Gasteiger partial charge in [0.2, 0.25) is 10.0 Å². The van der Waals surface area contributed by atoms with Crippen LogP contribution in [0, 0.1) is 0 Å². The van der Waals surface area contributed by atoms with Crippen LogP contribution in [0.2, 0.25) is 0 Å². The maximum Gasteiger partial charge on any atom is 0.323 e. The summed E-state index contributed by atoms with van der Waals surface area (Å²) in [6, 6.07) is 1.44. The molecule has 84 valence electrons. The summed E-state index contributed by atoms with van der Waals surface area (Å²) in [5.41, 5.74) is 0. The van der Waals surface area contributed by atoms with E-state index in [0.717, 1.165) is 6.92 Å². The number of carboxylic acids is 1. The SMILES string of the molecule is CC(C(=O)O)S(=O)(=O)Nc1ccn(C)n1. The highest BCUT2D eigenvalue weighted by molar-refractivity contribution is 7.94. The third kappa shape index (κ3) is 2.69. The zero-order valence-electron chi connectivity index (χ0n) is 8.21. The second kappa shape index (κ2) is 3.89. The van der Waals surface area contributed by atoms with Crippen molar-refractivity contribution in [2.45, 2.75) is 12.2 Å². The molecule has 0 bridgehead atoms. The Hall–Kier alpha value is -1.57. The molecule has 1 unspecified atom stereocenters. The van der Waals surface area contributed by atoms with E-state index >= 15 is 0 Å². The second-order valence-corrected chi connectivity index (χ2v) is 5.00. The number of carbonyl (C=O) groups is 1. The molecule has 7 nitrogen and oxygen atoms in total. The van der Waals surface area contributed by atoms with Crippen molar-refractivity contribution < 1.29 is 18.3 Å². The molecular weight excluding hydrogens is 222 g/mol. The zero-order valence-corrected chi connectivity index (χ0v) is 9.02. The van der Waals surface area contributed by atoms with Gasteiger partial charge in [-0.25, -0.2) is 8.42 Å². The average Bonchev–Trinajstić information content (AvgIpc) is 2.48.